The van der Waals surface area contributed by atoms with Crippen LogP contribution in [0.2, 0.25) is 0 Å². The van der Waals surface area contributed by atoms with E-state index in [0.29, 0.717) is 6.04 Å². The van der Waals surface area contributed by atoms with Crippen LogP contribution in [0.3, 0.4) is 0 Å². The fraction of sp³-hybridized carbons (Fsp3) is 0.818. The van der Waals surface area contributed by atoms with Crippen LogP contribution in [-0.2, 0) is 11.3 Å². The van der Waals surface area contributed by atoms with Crippen LogP contribution in [0.1, 0.15) is 38.1 Å². The van der Waals surface area contributed by atoms with Gasteiger partial charge >= 0.3 is 0 Å². The molecule has 90 valence electrons. The molecule has 0 spiro atoms. The molecule has 0 saturated carbocycles. The van der Waals surface area contributed by atoms with Crippen molar-refractivity contribution in [2.45, 2.75) is 51.8 Å². The Kier molecular flexibility index (Phi) is 3.25. The first-order valence-electron chi connectivity index (χ1n) is 5.72. The highest BCUT2D eigenvalue weighted by Crippen LogP contribution is 2.24. The molecule has 5 heteroatoms. The zero-order valence-electron chi connectivity index (χ0n) is 10.1. The molecule has 1 atom stereocenters. The summed E-state index contributed by atoms with van der Waals surface area (Å²) in [5.74, 6) is 0. The van der Waals surface area contributed by atoms with Crippen molar-refractivity contribution in [3.05, 3.63) is 11.4 Å². The summed E-state index contributed by atoms with van der Waals surface area (Å²) in [4.78, 5) is 0. The molecular weight excluding hydrogens is 206 g/mol. The lowest BCUT2D eigenvalue weighted by Gasteiger charge is -2.35. The molecule has 1 aromatic rings. The third-order valence-electron chi connectivity index (χ3n) is 3.00. The molecule has 1 N–H and O–H groups in total. The molecule has 0 bridgehead atoms. The molecule has 1 fully saturated rings. The van der Waals surface area contributed by atoms with Gasteiger partial charge in [0, 0.05) is 19.2 Å². The number of nitrogens with one attached hydrogen (secondary N) is 1. The molecule has 0 amide bonds. The summed E-state index contributed by atoms with van der Waals surface area (Å²) in [5, 5.41) is 11.1. The Bertz CT molecular complexity index is 349. The fourth-order valence-electron chi connectivity index (χ4n) is 2.06. The van der Waals surface area contributed by atoms with E-state index in [9.17, 15) is 0 Å². The van der Waals surface area contributed by atoms with Gasteiger partial charge in [-0.15, -0.1) is 0 Å². The van der Waals surface area contributed by atoms with Gasteiger partial charge in [0.1, 0.15) is 11.4 Å². The summed E-state index contributed by atoms with van der Waals surface area (Å²) in [6.07, 6.45) is 2.07. The molecule has 5 nitrogen and oxygen atoms in total. The minimum absolute atomic E-state index is 0.0208. The van der Waals surface area contributed by atoms with E-state index in [-0.39, 0.29) is 5.60 Å². The maximum absolute atomic E-state index is 5.67. The van der Waals surface area contributed by atoms with E-state index in [0.717, 1.165) is 37.4 Å². The molecule has 0 radical (unpaired) electrons. The number of nitrogens with zero attached hydrogens (tertiary/aromatic N) is 2. The lowest BCUT2D eigenvalue weighted by molar-refractivity contribution is -0.0631. The van der Waals surface area contributed by atoms with Crippen LogP contribution in [0.4, 0.5) is 0 Å². The lowest BCUT2D eigenvalue weighted by atomic mass is 9.94. The van der Waals surface area contributed by atoms with E-state index in [4.69, 9.17) is 4.74 Å². The van der Waals surface area contributed by atoms with Gasteiger partial charge < -0.3 is 10.1 Å². The molecule has 2 rings (SSSR count). The summed E-state index contributed by atoms with van der Waals surface area (Å²) < 4.78 is 10.3. The van der Waals surface area contributed by atoms with Crippen molar-refractivity contribution in [1.29, 1.82) is 0 Å². The first-order valence-corrected chi connectivity index (χ1v) is 5.72. The molecule has 1 saturated heterocycles. The van der Waals surface area contributed by atoms with Gasteiger partial charge in [-0.25, -0.2) is 4.63 Å². The highest BCUT2D eigenvalue weighted by atomic mass is 16.6. The van der Waals surface area contributed by atoms with E-state index in [1.165, 1.54) is 0 Å². The number of hydrogen-bond acceptors (Lipinski definition) is 5. The van der Waals surface area contributed by atoms with Gasteiger partial charge in [0.2, 0.25) is 0 Å². The molecule has 16 heavy (non-hydrogen) atoms. The normalized spacial score (nSPS) is 24.6. The van der Waals surface area contributed by atoms with E-state index in [2.05, 4.69) is 34.1 Å². The van der Waals surface area contributed by atoms with Gasteiger partial charge in [0.25, 0.3) is 0 Å². The predicted molar refractivity (Wildman–Crippen MR) is 58.9 cm³/mol. The van der Waals surface area contributed by atoms with Gasteiger partial charge in [0.05, 0.1) is 5.60 Å². The van der Waals surface area contributed by atoms with Crippen molar-refractivity contribution in [3.8, 4) is 0 Å². The summed E-state index contributed by atoms with van der Waals surface area (Å²) in [6, 6.07) is 0.486. The first-order chi connectivity index (χ1) is 7.57. The SMILES string of the molecule is Cc1nonc1CNC1CCOC(C)(C)C1. The monoisotopic (exact) mass is 225 g/mol. The number of aryl methyl sites for hydroxylation is 1. The van der Waals surface area contributed by atoms with Crippen molar-refractivity contribution in [2.24, 2.45) is 0 Å². The largest absolute Gasteiger partial charge is 0.375 e. The smallest absolute Gasteiger partial charge is 0.121 e. The van der Waals surface area contributed by atoms with Crippen molar-refractivity contribution < 1.29 is 9.37 Å². The average Bonchev–Trinajstić information content (AvgIpc) is 2.60. The maximum Gasteiger partial charge on any atom is 0.121 e. The van der Waals surface area contributed by atoms with Gasteiger partial charge in [-0.2, -0.15) is 0 Å². The molecule has 2 heterocycles. The number of hydrogen-bond donors (Lipinski definition) is 1. The zero-order chi connectivity index (χ0) is 11.6. The Labute approximate surface area is 95.5 Å². The summed E-state index contributed by atoms with van der Waals surface area (Å²) in [5.41, 5.74) is 1.73. The Morgan fingerprint density at radius 3 is 2.88 bits per heavy atom. The minimum atomic E-state index is -0.0208. The van der Waals surface area contributed by atoms with Crippen LogP contribution in [0.15, 0.2) is 4.63 Å². The molecule has 0 aromatic carbocycles. The summed E-state index contributed by atoms with van der Waals surface area (Å²) in [7, 11) is 0. The van der Waals surface area contributed by atoms with Gasteiger partial charge in [-0.1, -0.05) is 10.3 Å². The van der Waals surface area contributed by atoms with Gasteiger partial charge in [-0.3, -0.25) is 0 Å². The summed E-state index contributed by atoms with van der Waals surface area (Å²) in [6.45, 7) is 7.70. The van der Waals surface area contributed by atoms with Crippen LogP contribution in [0, 0.1) is 6.92 Å². The zero-order valence-corrected chi connectivity index (χ0v) is 10.1. The van der Waals surface area contributed by atoms with Crippen molar-refractivity contribution in [1.82, 2.24) is 15.6 Å². The van der Waals surface area contributed by atoms with E-state index >= 15 is 0 Å². The second kappa shape index (κ2) is 4.51. The van der Waals surface area contributed by atoms with Crippen LogP contribution < -0.4 is 5.32 Å². The highest BCUT2D eigenvalue weighted by Gasteiger charge is 2.28. The van der Waals surface area contributed by atoms with Crippen LogP contribution in [-0.4, -0.2) is 28.6 Å². The third-order valence-corrected chi connectivity index (χ3v) is 3.00. The maximum atomic E-state index is 5.67. The number of ether oxygens (including phenoxy) is 1. The Morgan fingerprint density at radius 1 is 1.44 bits per heavy atom. The Morgan fingerprint density at radius 2 is 2.25 bits per heavy atom. The summed E-state index contributed by atoms with van der Waals surface area (Å²) >= 11 is 0. The highest BCUT2D eigenvalue weighted by molar-refractivity contribution is 5.04. The average molecular weight is 225 g/mol. The Hall–Kier alpha value is -0.940. The van der Waals surface area contributed by atoms with Gasteiger partial charge in [0.15, 0.2) is 0 Å². The number of aromatic nitrogens is 2. The molecule has 1 aliphatic rings. The van der Waals surface area contributed by atoms with Crippen LogP contribution in [0.25, 0.3) is 0 Å². The minimum Gasteiger partial charge on any atom is -0.375 e. The van der Waals surface area contributed by atoms with Crippen molar-refractivity contribution in [3.63, 3.8) is 0 Å². The van der Waals surface area contributed by atoms with E-state index in [1.54, 1.807) is 0 Å². The molecular formula is C11H19N3O2. The molecule has 1 aromatic heterocycles. The number of rotatable bonds is 3. The van der Waals surface area contributed by atoms with Crippen LogP contribution >= 0.6 is 0 Å². The standard InChI is InChI=1S/C11H19N3O2/c1-8-10(14-16-13-8)7-12-9-4-5-15-11(2,3)6-9/h9,12H,4-7H2,1-3H3. The fourth-order valence-corrected chi connectivity index (χ4v) is 2.06. The Balaban J connectivity index is 1.84. The molecule has 1 unspecified atom stereocenters. The van der Waals surface area contributed by atoms with E-state index < -0.39 is 0 Å². The van der Waals surface area contributed by atoms with Crippen molar-refractivity contribution >= 4 is 0 Å². The van der Waals surface area contributed by atoms with Gasteiger partial charge in [-0.05, 0) is 33.6 Å². The molecule has 1 aliphatic heterocycles. The predicted octanol–water partition coefficient (Wildman–Crippen LogP) is 1.43. The topological polar surface area (TPSA) is 60.2 Å². The second-order valence-electron chi connectivity index (χ2n) is 4.98. The van der Waals surface area contributed by atoms with Crippen LogP contribution in [0.5, 0.6) is 0 Å². The third kappa shape index (κ3) is 2.80. The molecule has 0 aliphatic carbocycles. The van der Waals surface area contributed by atoms with Crippen molar-refractivity contribution in [2.75, 3.05) is 6.61 Å². The second-order valence-corrected chi connectivity index (χ2v) is 4.98. The lowest BCUT2D eigenvalue weighted by Crippen LogP contribution is -2.43. The first kappa shape index (κ1) is 11.5. The quantitative estimate of drug-likeness (QED) is 0.843. The van der Waals surface area contributed by atoms with E-state index in [1.807, 2.05) is 6.92 Å².